The van der Waals surface area contributed by atoms with Gasteiger partial charge in [-0.15, -0.1) is 0 Å². The van der Waals surface area contributed by atoms with E-state index in [1.165, 1.54) is 12.4 Å². The van der Waals surface area contributed by atoms with Crippen molar-refractivity contribution in [1.82, 2.24) is 39.1 Å². The summed E-state index contributed by atoms with van der Waals surface area (Å²) >= 11 is 0. The molecule has 0 aliphatic heterocycles. The zero-order valence-corrected chi connectivity index (χ0v) is 21.0. The fourth-order valence-corrected chi connectivity index (χ4v) is 4.85. The molecule has 0 unspecified atom stereocenters. The van der Waals surface area contributed by atoms with Crippen molar-refractivity contribution < 1.29 is 4.39 Å². The molecule has 1 aliphatic carbocycles. The van der Waals surface area contributed by atoms with Gasteiger partial charge >= 0.3 is 0 Å². The Balaban J connectivity index is 1.60. The van der Waals surface area contributed by atoms with Gasteiger partial charge in [-0.3, -0.25) is 14.0 Å². The van der Waals surface area contributed by atoms with Gasteiger partial charge < -0.3 is 5.73 Å². The van der Waals surface area contributed by atoms with E-state index in [1.54, 1.807) is 27.6 Å². The minimum absolute atomic E-state index is 0.0143. The first kappa shape index (κ1) is 23.3. The minimum atomic E-state index is -0.561. The molecule has 6 rings (SSSR count). The number of nitrogens with zero attached hydrogens (tertiary/aromatic N) is 8. The largest absolute Gasteiger partial charge is 0.383 e. The Labute approximate surface area is 212 Å². The summed E-state index contributed by atoms with van der Waals surface area (Å²) in [5.74, 6) is 0.657. The Morgan fingerprint density at radius 2 is 2.00 bits per heavy atom. The van der Waals surface area contributed by atoms with Crippen LogP contribution in [0.2, 0.25) is 0 Å². The molecule has 0 spiro atoms. The molecule has 10 nitrogen and oxygen atoms in total. The zero-order valence-electron chi connectivity index (χ0n) is 21.0. The Bertz CT molecular complexity index is 1700. The van der Waals surface area contributed by atoms with Crippen molar-refractivity contribution in [2.75, 3.05) is 5.73 Å². The molecule has 5 aromatic rings. The molecule has 1 fully saturated rings. The Morgan fingerprint density at radius 1 is 1.19 bits per heavy atom. The lowest BCUT2D eigenvalue weighted by Gasteiger charge is -2.21. The van der Waals surface area contributed by atoms with Crippen molar-refractivity contribution in [2.24, 2.45) is 5.92 Å². The predicted octanol–water partition coefficient (Wildman–Crippen LogP) is 4.11. The number of anilines is 1. The number of benzene rings is 1. The molecule has 1 saturated carbocycles. The number of fused-ring (bicyclic) bond motifs is 2. The van der Waals surface area contributed by atoms with Crippen molar-refractivity contribution in [3.63, 3.8) is 0 Å². The van der Waals surface area contributed by atoms with Crippen LogP contribution < -0.4 is 11.3 Å². The minimum Gasteiger partial charge on any atom is -0.383 e. The topological polar surface area (TPSA) is 122 Å². The number of hydrogen-bond donors (Lipinski definition) is 1. The van der Waals surface area contributed by atoms with Crippen LogP contribution in [-0.2, 0) is 6.54 Å². The van der Waals surface area contributed by atoms with Gasteiger partial charge in [0.1, 0.15) is 40.9 Å². The second-order valence-corrected chi connectivity index (χ2v) is 9.94. The molecule has 1 atom stereocenters. The van der Waals surface area contributed by atoms with Crippen LogP contribution in [0.4, 0.5) is 10.2 Å². The average molecular weight is 502 g/mol. The van der Waals surface area contributed by atoms with Crippen molar-refractivity contribution in [1.29, 1.82) is 0 Å². The number of hydrogen-bond acceptors (Lipinski definition) is 7. The van der Waals surface area contributed by atoms with E-state index in [0.717, 1.165) is 18.4 Å². The van der Waals surface area contributed by atoms with Gasteiger partial charge in [0, 0.05) is 24.3 Å². The van der Waals surface area contributed by atoms with Crippen LogP contribution in [0.1, 0.15) is 57.9 Å². The monoisotopic (exact) mass is 501 g/mol. The first-order valence-electron chi connectivity index (χ1n) is 12.6. The molecule has 0 radical (unpaired) electrons. The van der Waals surface area contributed by atoms with Crippen LogP contribution in [0.25, 0.3) is 33.2 Å². The quantitative estimate of drug-likeness (QED) is 0.356. The van der Waals surface area contributed by atoms with E-state index in [0.29, 0.717) is 52.8 Å². The molecule has 1 aliphatic rings. The third-order valence-corrected chi connectivity index (χ3v) is 7.00. The fraction of sp³-hybridized carbons (Fsp3) is 0.385. The molecule has 11 heteroatoms. The predicted molar refractivity (Wildman–Crippen MR) is 138 cm³/mol. The maximum Gasteiger partial charge on any atom is 0.264 e. The number of rotatable bonds is 7. The number of halogens is 1. The summed E-state index contributed by atoms with van der Waals surface area (Å²) in [7, 11) is 0. The van der Waals surface area contributed by atoms with Gasteiger partial charge in [0.15, 0.2) is 5.65 Å². The lowest BCUT2D eigenvalue weighted by Crippen LogP contribution is -2.30. The molecule has 0 amide bonds. The molecule has 190 valence electrons. The van der Waals surface area contributed by atoms with E-state index in [1.807, 2.05) is 31.6 Å². The average Bonchev–Trinajstić information content (AvgIpc) is 3.40. The molecular formula is C26H28FN9O. The maximum atomic E-state index is 14.7. The summed E-state index contributed by atoms with van der Waals surface area (Å²) in [6, 6.07) is 4.28. The Morgan fingerprint density at radius 3 is 2.70 bits per heavy atom. The summed E-state index contributed by atoms with van der Waals surface area (Å²) in [4.78, 5) is 27.2. The van der Waals surface area contributed by atoms with Gasteiger partial charge in [0.25, 0.3) is 5.56 Å². The molecule has 4 heterocycles. The van der Waals surface area contributed by atoms with Crippen LogP contribution in [-0.4, -0.2) is 39.1 Å². The highest BCUT2D eigenvalue weighted by molar-refractivity contribution is 5.98. The number of nitrogen functional groups attached to an aromatic ring is 1. The summed E-state index contributed by atoms with van der Waals surface area (Å²) in [6.07, 6.45) is 7.73. The highest BCUT2D eigenvalue weighted by Gasteiger charge is 2.30. The molecule has 2 N–H and O–H groups in total. The standard InChI is InChI=1S/C26H28FN9O/c1-4-19(24-32-18-7-5-6-17(27)20(18)26(37)34(24)11-15-8-9-15)36-25-21(23(28)29-13-30-25)22(33-36)16-10-31-35(12-16)14(2)3/h5-7,10,12-15,19H,4,8-9,11H2,1-3H3,(H2,28,29,30)/t19-/m0/s1. The van der Waals surface area contributed by atoms with Crippen molar-refractivity contribution in [3.8, 4) is 11.3 Å². The highest BCUT2D eigenvalue weighted by atomic mass is 19.1. The van der Waals surface area contributed by atoms with Crippen molar-refractivity contribution >= 4 is 27.8 Å². The Hall–Kier alpha value is -4.15. The number of aromatic nitrogens is 8. The van der Waals surface area contributed by atoms with Crippen LogP contribution in [0.3, 0.4) is 0 Å². The third kappa shape index (κ3) is 3.85. The molecule has 1 aromatic carbocycles. The van der Waals surface area contributed by atoms with E-state index < -0.39 is 11.9 Å². The summed E-state index contributed by atoms with van der Waals surface area (Å²) in [6.45, 7) is 6.59. The van der Waals surface area contributed by atoms with E-state index in [-0.39, 0.29) is 17.0 Å². The van der Waals surface area contributed by atoms with Crippen LogP contribution in [0, 0.1) is 11.7 Å². The lowest BCUT2D eigenvalue weighted by atomic mass is 10.1. The first-order chi connectivity index (χ1) is 17.9. The zero-order chi connectivity index (χ0) is 25.8. The SMILES string of the molecule is CC[C@@H](c1nc2cccc(F)c2c(=O)n1CC1CC1)n1nc(-c2cnn(C(C)C)c2)c2c(N)ncnc21. The first-order valence-corrected chi connectivity index (χ1v) is 12.6. The molecule has 37 heavy (non-hydrogen) atoms. The van der Waals surface area contributed by atoms with E-state index >= 15 is 0 Å². The number of nitrogens with two attached hydrogens (primary N) is 1. The smallest absolute Gasteiger partial charge is 0.264 e. The van der Waals surface area contributed by atoms with E-state index in [4.69, 9.17) is 15.8 Å². The summed E-state index contributed by atoms with van der Waals surface area (Å²) < 4.78 is 20.0. The molecular weight excluding hydrogens is 473 g/mol. The second kappa shape index (κ2) is 8.75. The van der Waals surface area contributed by atoms with Gasteiger partial charge in [-0.25, -0.2) is 24.0 Å². The normalized spacial score (nSPS) is 14.7. The van der Waals surface area contributed by atoms with E-state index in [2.05, 4.69) is 15.1 Å². The van der Waals surface area contributed by atoms with Crippen molar-refractivity contribution in [2.45, 2.75) is 58.7 Å². The fourth-order valence-electron chi connectivity index (χ4n) is 4.85. The van der Waals surface area contributed by atoms with Gasteiger partial charge in [0.05, 0.1) is 17.1 Å². The summed E-state index contributed by atoms with van der Waals surface area (Å²) in [5.41, 5.74) is 8.23. The van der Waals surface area contributed by atoms with Gasteiger partial charge in [-0.2, -0.15) is 10.2 Å². The molecule has 4 aromatic heterocycles. The third-order valence-electron chi connectivity index (χ3n) is 7.00. The lowest BCUT2D eigenvalue weighted by molar-refractivity contribution is 0.449. The van der Waals surface area contributed by atoms with Crippen molar-refractivity contribution in [3.05, 3.63) is 58.9 Å². The second-order valence-electron chi connectivity index (χ2n) is 9.94. The molecule has 0 saturated heterocycles. The van der Waals surface area contributed by atoms with Gasteiger partial charge in [0.2, 0.25) is 0 Å². The van der Waals surface area contributed by atoms with Gasteiger partial charge in [-0.1, -0.05) is 13.0 Å². The van der Waals surface area contributed by atoms with Crippen LogP contribution in [0.15, 0.2) is 41.7 Å². The summed E-state index contributed by atoms with van der Waals surface area (Å²) in [5, 5.41) is 10.0. The van der Waals surface area contributed by atoms with Crippen LogP contribution in [0.5, 0.6) is 0 Å². The van der Waals surface area contributed by atoms with Crippen LogP contribution >= 0.6 is 0 Å². The van der Waals surface area contributed by atoms with Gasteiger partial charge in [-0.05, 0) is 51.2 Å². The maximum absolute atomic E-state index is 14.7. The molecule has 0 bridgehead atoms. The highest BCUT2D eigenvalue weighted by Crippen LogP contribution is 2.35. The van der Waals surface area contributed by atoms with E-state index in [9.17, 15) is 9.18 Å². The Kier molecular flexibility index (Phi) is 5.50.